The van der Waals surface area contributed by atoms with Crippen molar-refractivity contribution in [3.8, 4) is 5.75 Å². The van der Waals surface area contributed by atoms with Crippen LogP contribution in [0, 0.1) is 5.82 Å². The molecule has 0 aliphatic carbocycles. The van der Waals surface area contributed by atoms with E-state index in [-0.39, 0.29) is 29.7 Å². The summed E-state index contributed by atoms with van der Waals surface area (Å²) in [6.45, 7) is 5.46. The number of hydrogen-bond donors (Lipinski definition) is 0. The predicted molar refractivity (Wildman–Crippen MR) is 159 cm³/mol. The van der Waals surface area contributed by atoms with Gasteiger partial charge in [0.1, 0.15) is 18.2 Å². The third-order valence-corrected chi connectivity index (χ3v) is 7.81. The van der Waals surface area contributed by atoms with Crippen molar-refractivity contribution in [1.82, 2.24) is 4.57 Å². The maximum absolute atomic E-state index is 13.9. The van der Waals surface area contributed by atoms with Crippen molar-refractivity contribution in [1.29, 1.82) is 0 Å². The predicted octanol–water partition coefficient (Wildman–Crippen LogP) is 6.21. The molecule has 1 aromatic heterocycles. The van der Waals surface area contributed by atoms with Gasteiger partial charge in [0.15, 0.2) is 4.80 Å². The molecule has 0 N–H and O–H groups in total. The van der Waals surface area contributed by atoms with Crippen LogP contribution < -0.4 is 19.6 Å². The summed E-state index contributed by atoms with van der Waals surface area (Å²) in [5.41, 5.74) is 2.48. The van der Waals surface area contributed by atoms with Crippen molar-refractivity contribution in [3.63, 3.8) is 0 Å². The van der Waals surface area contributed by atoms with E-state index in [0.29, 0.717) is 42.0 Å². The van der Waals surface area contributed by atoms with Crippen LogP contribution in [-0.2, 0) is 16.1 Å². The van der Waals surface area contributed by atoms with Gasteiger partial charge in [-0.05, 0) is 80.4 Å². The number of fused-ring (bicyclic) bond motifs is 1. The monoisotopic (exact) mass is 610 g/mol. The molecule has 0 amide bonds. The molecule has 1 aliphatic rings. The number of halogens is 3. The second-order valence-corrected chi connectivity index (χ2v) is 11.6. The van der Waals surface area contributed by atoms with Gasteiger partial charge in [-0.2, -0.15) is 0 Å². The lowest BCUT2D eigenvalue weighted by molar-refractivity contribution is -0.143. The van der Waals surface area contributed by atoms with E-state index in [1.165, 1.54) is 28.0 Å². The number of esters is 1. The minimum atomic E-state index is -0.759. The van der Waals surface area contributed by atoms with Crippen molar-refractivity contribution in [2.75, 3.05) is 0 Å². The van der Waals surface area contributed by atoms with Gasteiger partial charge in [-0.15, -0.1) is 0 Å². The Labute approximate surface area is 249 Å². The Morgan fingerprint density at radius 1 is 1.07 bits per heavy atom. The molecule has 210 valence electrons. The molecule has 5 rings (SSSR count). The maximum Gasteiger partial charge on any atom is 0.338 e. The molecule has 0 spiro atoms. The first-order valence-electron chi connectivity index (χ1n) is 12.8. The Morgan fingerprint density at radius 2 is 1.76 bits per heavy atom. The summed E-state index contributed by atoms with van der Waals surface area (Å²) in [5.74, 6) is -0.373. The molecular weight excluding hydrogens is 586 g/mol. The molecule has 0 saturated heterocycles. The molecule has 1 atom stereocenters. The minimum Gasteiger partial charge on any atom is -0.488 e. The minimum absolute atomic E-state index is 0.196. The van der Waals surface area contributed by atoms with Gasteiger partial charge >= 0.3 is 5.97 Å². The fourth-order valence-corrected chi connectivity index (χ4v) is 5.81. The van der Waals surface area contributed by atoms with Crippen LogP contribution in [0.1, 0.15) is 43.5 Å². The van der Waals surface area contributed by atoms with Gasteiger partial charge in [-0.3, -0.25) is 9.36 Å². The van der Waals surface area contributed by atoms with E-state index in [0.717, 1.165) is 5.56 Å². The number of ether oxygens (including phenoxy) is 2. The van der Waals surface area contributed by atoms with E-state index in [2.05, 4.69) is 4.99 Å². The number of nitrogens with zero attached hydrogens (tertiary/aromatic N) is 2. The van der Waals surface area contributed by atoms with Gasteiger partial charge in [0.05, 0.1) is 27.9 Å². The van der Waals surface area contributed by atoms with E-state index < -0.39 is 12.0 Å². The molecule has 0 unspecified atom stereocenters. The van der Waals surface area contributed by atoms with Crippen LogP contribution in [0.25, 0.3) is 6.08 Å². The zero-order valence-corrected chi connectivity index (χ0v) is 24.7. The highest BCUT2D eigenvalue weighted by Gasteiger charge is 2.33. The number of aromatic nitrogens is 1. The largest absolute Gasteiger partial charge is 0.488 e. The molecule has 2 heterocycles. The third-order valence-electron chi connectivity index (χ3n) is 6.34. The van der Waals surface area contributed by atoms with Crippen LogP contribution in [0.2, 0.25) is 10.0 Å². The molecule has 6 nitrogen and oxygen atoms in total. The van der Waals surface area contributed by atoms with E-state index in [4.69, 9.17) is 32.7 Å². The standard InChI is InChI=1S/C31H25Cl2FN2O4S/c1-17(2)40-30(38)27-18(3)35-31-36(28(27)20-6-8-22(32)9-7-20)29(37)26(41-31)15-21-14-23(33)10-13-25(21)39-16-19-4-11-24(34)12-5-19/h4-15,17,28H,16H2,1-3H3/b26-15-/t28-/m0/s1. The van der Waals surface area contributed by atoms with Gasteiger partial charge in [0.25, 0.3) is 5.56 Å². The van der Waals surface area contributed by atoms with Crippen molar-refractivity contribution in [2.45, 2.75) is 39.5 Å². The van der Waals surface area contributed by atoms with Gasteiger partial charge in [-0.25, -0.2) is 14.2 Å². The van der Waals surface area contributed by atoms with Crippen LogP contribution in [0.3, 0.4) is 0 Å². The molecule has 0 fully saturated rings. The first-order chi connectivity index (χ1) is 19.6. The maximum atomic E-state index is 13.9. The van der Waals surface area contributed by atoms with E-state index in [1.54, 1.807) is 81.4 Å². The van der Waals surface area contributed by atoms with E-state index in [9.17, 15) is 14.0 Å². The van der Waals surface area contributed by atoms with Crippen LogP contribution in [0.4, 0.5) is 4.39 Å². The highest BCUT2D eigenvalue weighted by Crippen LogP contribution is 2.32. The lowest BCUT2D eigenvalue weighted by Gasteiger charge is -2.25. The highest BCUT2D eigenvalue weighted by molar-refractivity contribution is 7.07. The Bertz CT molecular complexity index is 1830. The van der Waals surface area contributed by atoms with E-state index in [1.807, 2.05) is 0 Å². The van der Waals surface area contributed by atoms with Crippen LogP contribution in [-0.4, -0.2) is 16.6 Å². The summed E-state index contributed by atoms with van der Waals surface area (Å²) in [6, 6.07) is 17.4. The average molecular weight is 612 g/mol. The summed E-state index contributed by atoms with van der Waals surface area (Å²) >= 11 is 13.6. The lowest BCUT2D eigenvalue weighted by Crippen LogP contribution is -2.40. The average Bonchev–Trinajstić information content (AvgIpc) is 3.22. The fraction of sp³-hybridized carbons (Fsp3) is 0.194. The number of hydrogen-bond acceptors (Lipinski definition) is 6. The van der Waals surface area contributed by atoms with Crippen molar-refractivity contribution >= 4 is 46.6 Å². The highest BCUT2D eigenvalue weighted by atomic mass is 35.5. The Morgan fingerprint density at radius 3 is 2.44 bits per heavy atom. The van der Waals surface area contributed by atoms with Gasteiger partial charge in [0, 0.05) is 15.6 Å². The molecular formula is C31H25Cl2FN2O4S. The molecule has 0 radical (unpaired) electrons. The molecule has 4 aromatic rings. The van der Waals surface area contributed by atoms with Crippen LogP contribution in [0.5, 0.6) is 5.75 Å². The summed E-state index contributed by atoms with van der Waals surface area (Å²) in [4.78, 5) is 32.2. The topological polar surface area (TPSA) is 69.9 Å². The molecule has 3 aromatic carbocycles. The van der Waals surface area contributed by atoms with Crippen molar-refractivity contribution in [2.24, 2.45) is 4.99 Å². The zero-order chi connectivity index (χ0) is 29.3. The Kier molecular flexibility index (Phi) is 8.45. The third kappa shape index (κ3) is 6.30. The summed E-state index contributed by atoms with van der Waals surface area (Å²) in [6.07, 6.45) is 1.34. The van der Waals surface area contributed by atoms with Crippen molar-refractivity contribution in [3.05, 3.63) is 130 Å². The van der Waals surface area contributed by atoms with Crippen LogP contribution in [0.15, 0.2) is 87.8 Å². The molecule has 0 bridgehead atoms. The number of benzene rings is 3. The number of thiazole rings is 1. The number of allylic oxidation sites excluding steroid dienone is 1. The zero-order valence-electron chi connectivity index (χ0n) is 22.4. The summed E-state index contributed by atoms with van der Waals surface area (Å²) in [7, 11) is 0. The lowest BCUT2D eigenvalue weighted by atomic mass is 9.96. The SMILES string of the molecule is CC1=C(C(=O)OC(C)C)[C@H](c2ccc(Cl)cc2)n2c(s/c(=C\c3cc(Cl)ccc3OCc3ccc(F)cc3)c2=O)=N1. The van der Waals surface area contributed by atoms with E-state index >= 15 is 0 Å². The number of rotatable bonds is 7. The molecule has 0 saturated carbocycles. The summed E-state index contributed by atoms with van der Waals surface area (Å²) in [5, 5.41) is 0.994. The van der Waals surface area contributed by atoms with Gasteiger partial charge < -0.3 is 9.47 Å². The smallest absolute Gasteiger partial charge is 0.338 e. The molecule has 1 aliphatic heterocycles. The Balaban J connectivity index is 1.61. The number of carbonyl (C=O) groups is 1. The first-order valence-corrected chi connectivity index (χ1v) is 14.3. The quantitative estimate of drug-likeness (QED) is 0.233. The number of carbonyl (C=O) groups excluding carboxylic acids is 1. The second kappa shape index (κ2) is 12.0. The van der Waals surface area contributed by atoms with Gasteiger partial charge in [-0.1, -0.05) is 58.8 Å². The fourth-order valence-electron chi connectivity index (χ4n) is 4.47. The summed E-state index contributed by atoms with van der Waals surface area (Å²) < 4.78 is 26.7. The van der Waals surface area contributed by atoms with Crippen molar-refractivity contribution < 1.29 is 18.7 Å². The normalized spacial score (nSPS) is 15.1. The first kappa shape index (κ1) is 28.8. The van der Waals surface area contributed by atoms with Gasteiger partial charge in [0.2, 0.25) is 0 Å². The Hall–Kier alpha value is -3.72. The molecule has 41 heavy (non-hydrogen) atoms. The molecule has 10 heteroatoms. The van der Waals surface area contributed by atoms with Crippen LogP contribution >= 0.6 is 34.5 Å². The second-order valence-electron chi connectivity index (χ2n) is 9.68.